The van der Waals surface area contributed by atoms with Gasteiger partial charge in [-0.2, -0.15) is 0 Å². The summed E-state index contributed by atoms with van der Waals surface area (Å²) in [5.74, 6) is -2.60. The number of nitrogens with two attached hydrogens (primary N) is 2. The van der Waals surface area contributed by atoms with E-state index in [0.29, 0.717) is 0 Å². The van der Waals surface area contributed by atoms with Crippen LogP contribution in [0.5, 0.6) is 0 Å². The highest BCUT2D eigenvalue weighted by molar-refractivity contribution is 6.02. The minimum Gasteiger partial charge on any atom is -0.464 e. The summed E-state index contributed by atoms with van der Waals surface area (Å²) in [5, 5.41) is 0. The fourth-order valence-electron chi connectivity index (χ4n) is 3.26. The van der Waals surface area contributed by atoms with Crippen LogP contribution in [0, 0.1) is 11.8 Å². The van der Waals surface area contributed by atoms with Gasteiger partial charge in [-0.15, -0.1) is 0 Å². The molecular formula is C22H34N4O5. The van der Waals surface area contributed by atoms with Crippen molar-refractivity contribution in [1.82, 2.24) is 9.80 Å². The first-order valence-corrected chi connectivity index (χ1v) is 10.4. The third kappa shape index (κ3) is 7.58. The van der Waals surface area contributed by atoms with E-state index in [1.807, 2.05) is 13.8 Å². The van der Waals surface area contributed by atoms with Crippen LogP contribution in [0.4, 0.5) is 5.69 Å². The molecule has 1 aromatic carbocycles. The number of nitrogens with zero attached hydrogens (tertiary/aromatic N) is 2. The fourth-order valence-corrected chi connectivity index (χ4v) is 3.26. The molecule has 0 aliphatic heterocycles. The van der Waals surface area contributed by atoms with Crippen molar-refractivity contribution in [3.8, 4) is 0 Å². The van der Waals surface area contributed by atoms with E-state index in [-0.39, 0.29) is 42.8 Å². The smallest absolute Gasteiger partial charge is 0.329 e. The largest absolute Gasteiger partial charge is 0.464 e. The number of ether oxygens (including phenoxy) is 1. The molecule has 9 nitrogen and oxygen atoms in total. The van der Waals surface area contributed by atoms with E-state index >= 15 is 0 Å². The van der Waals surface area contributed by atoms with Crippen molar-refractivity contribution in [2.75, 3.05) is 32.0 Å². The molecule has 0 aliphatic rings. The maximum Gasteiger partial charge on any atom is 0.329 e. The topological polar surface area (TPSA) is 136 Å². The van der Waals surface area contributed by atoms with Gasteiger partial charge in [0.05, 0.1) is 18.7 Å². The van der Waals surface area contributed by atoms with Gasteiger partial charge in [-0.25, -0.2) is 4.79 Å². The predicted octanol–water partition coefficient (Wildman–Crippen LogP) is 1.27. The first-order valence-electron chi connectivity index (χ1n) is 10.4. The molecule has 0 saturated heterocycles. The summed E-state index contributed by atoms with van der Waals surface area (Å²) < 4.78 is 5.17. The molecule has 3 amide bonds. The number of nitrogen functional groups attached to an aromatic ring is 1. The van der Waals surface area contributed by atoms with Gasteiger partial charge < -0.3 is 26.0 Å². The summed E-state index contributed by atoms with van der Waals surface area (Å²) in [7, 11) is 0. The van der Waals surface area contributed by atoms with Gasteiger partial charge in [-0.05, 0) is 30.9 Å². The number of rotatable bonds is 11. The van der Waals surface area contributed by atoms with Gasteiger partial charge in [0.1, 0.15) is 12.6 Å². The molecular weight excluding hydrogens is 400 g/mol. The average Bonchev–Trinajstić information content (AvgIpc) is 2.66. The van der Waals surface area contributed by atoms with Gasteiger partial charge in [0.2, 0.25) is 11.8 Å². The molecule has 1 aromatic rings. The molecule has 0 fully saturated rings. The summed E-state index contributed by atoms with van der Waals surface area (Å²) in [6.07, 6.45) is 0. The molecule has 0 spiro atoms. The quantitative estimate of drug-likeness (QED) is 0.398. The Morgan fingerprint density at radius 1 is 1.03 bits per heavy atom. The van der Waals surface area contributed by atoms with Crippen LogP contribution in [0.2, 0.25) is 0 Å². The third-order valence-electron chi connectivity index (χ3n) is 4.54. The lowest BCUT2D eigenvalue weighted by Gasteiger charge is -2.34. The number of carbonyl (C=O) groups excluding carboxylic acids is 4. The molecule has 0 radical (unpaired) electrons. The van der Waals surface area contributed by atoms with Crippen LogP contribution in [-0.2, 0) is 19.1 Å². The zero-order valence-electron chi connectivity index (χ0n) is 19.0. The third-order valence-corrected chi connectivity index (χ3v) is 4.54. The molecule has 9 heteroatoms. The van der Waals surface area contributed by atoms with Crippen LogP contribution >= 0.6 is 0 Å². The van der Waals surface area contributed by atoms with Crippen LogP contribution < -0.4 is 11.5 Å². The lowest BCUT2D eigenvalue weighted by molar-refractivity contribution is -0.151. The number of benzene rings is 1. The van der Waals surface area contributed by atoms with E-state index in [1.165, 1.54) is 15.9 Å². The fraction of sp³-hybridized carbons (Fsp3) is 0.545. The number of amides is 3. The molecule has 31 heavy (non-hydrogen) atoms. The minimum absolute atomic E-state index is 0.0724. The van der Waals surface area contributed by atoms with E-state index in [0.717, 1.165) is 0 Å². The number of hydrogen-bond donors (Lipinski definition) is 2. The van der Waals surface area contributed by atoms with E-state index in [9.17, 15) is 19.2 Å². The van der Waals surface area contributed by atoms with E-state index in [4.69, 9.17) is 16.2 Å². The van der Waals surface area contributed by atoms with Crippen molar-refractivity contribution in [2.24, 2.45) is 17.6 Å². The number of esters is 1. The molecule has 0 aromatic heterocycles. The number of carbonyl (C=O) groups is 4. The monoisotopic (exact) mass is 434 g/mol. The Balaban J connectivity index is 3.38. The standard InChI is InChI=1S/C22H34N4O5/c1-6-31-22(30)20(15(4)5)26(21(29)16-9-7-8-10-17(16)23)13-19(28)25(11-14(2)3)12-18(24)27/h7-10,14-15,20H,6,11-13,23H2,1-5H3,(H2,24,27)/t20-/m0/s1. The molecule has 0 aliphatic carbocycles. The lowest BCUT2D eigenvalue weighted by Crippen LogP contribution is -2.54. The second kappa shape index (κ2) is 11.9. The van der Waals surface area contributed by atoms with Gasteiger partial charge in [0, 0.05) is 12.2 Å². The summed E-state index contributed by atoms with van der Waals surface area (Å²) in [6, 6.07) is 5.43. The number of hydrogen-bond acceptors (Lipinski definition) is 6. The molecule has 172 valence electrons. The highest BCUT2D eigenvalue weighted by Crippen LogP contribution is 2.20. The van der Waals surface area contributed by atoms with Crippen LogP contribution in [0.25, 0.3) is 0 Å². The Kier molecular flexibility index (Phi) is 9.98. The predicted molar refractivity (Wildman–Crippen MR) is 118 cm³/mol. The molecule has 0 heterocycles. The Morgan fingerprint density at radius 3 is 2.13 bits per heavy atom. The van der Waals surface area contributed by atoms with E-state index < -0.39 is 36.3 Å². The van der Waals surface area contributed by atoms with E-state index in [2.05, 4.69) is 0 Å². The van der Waals surface area contributed by atoms with Crippen LogP contribution in [0.15, 0.2) is 24.3 Å². The van der Waals surface area contributed by atoms with Gasteiger partial charge >= 0.3 is 5.97 Å². The van der Waals surface area contributed by atoms with Gasteiger partial charge in [0.15, 0.2) is 0 Å². The second-order valence-corrected chi connectivity index (χ2v) is 8.10. The zero-order valence-corrected chi connectivity index (χ0v) is 19.0. The lowest BCUT2D eigenvalue weighted by atomic mass is 10.0. The SMILES string of the molecule is CCOC(=O)[C@H](C(C)C)N(CC(=O)N(CC(N)=O)CC(C)C)C(=O)c1ccccc1N. The molecule has 1 atom stereocenters. The molecule has 1 rings (SSSR count). The molecule has 0 unspecified atom stereocenters. The maximum atomic E-state index is 13.4. The van der Waals surface area contributed by atoms with Gasteiger partial charge in [-0.3, -0.25) is 14.4 Å². The van der Waals surface area contributed by atoms with Crippen molar-refractivity contribution in [2.45, 2.75) is 40.7 Å². The van der Waals surface area contributed by atoms with Crippen molar-refractivity contribution in [1.29, 1.82) is 0 Å². The second-order valence-electron chi connectivity index (χ2n) is 8.10. The highest BCUT2D eigenvalue weighted by atomic mass is 16.5. The van der Waals surface area contributed by atoms with Crippen LogP contribution in [0.3, 0.4) is 0 Å². The summed E-state index contributed by atoms with van der Waals surface area (Å²) in [4.78, 5) is 53.1. The molecule has 4 N–H and O–H groups in total. The Bertz CT molecular complexity index is 794. The van der Waals surface area contributed by atoms with Crippen LogP contribution in [-0.4, -0.2) is 65.8 Å². The number of anilines is 1. The normalized spacial score (nSPS) is 11.8. The van der Waals surface area contributed by atoms with Crippen molar-refractivity contribution in [3.63, 3.8) is 0 Å². The molecule has 0 bridgehead atoms. The van der Waals surface area contributed by atoms with Crippen molar-refractivity contribution < 1.29 is 23.9 Å². The zero-order chi connectivity index (χ0) is 23.7. The van der Waals surface area contributed by atoms with Gasteiger partial charge in [0.25, 0.3) is 5.91 Å². The summed E-state index contributed by atoms with van der Waals surface area (Å²) in [5.41, 5.74) is 11.7. The Morgan fingerprint density at radius 2 is 1.65 bits per heavy atom. The highest BCUT2D eigenvalue weighted by Gasteiger charge is 2.37. The van der Waals surface area contributed by atoms with Crippen LogP contribution in [0.1, 0.15) is 45.0 Å². The van der Waals surface area contributed by atoms with Gasteiger partial charge in [-0.1, -0.05) is 39.8 Å². The van der Waals surface area contributed by atoms with Crippen molar-refractivity contribution in [3.05, 3.63) is 29.8 Å². The molecule has 0 saturated carbocycles. The minimum atomic E-state index is -1.01. The first-order chi connectivity index (χ1) is 14.5. The summed E-state index contributed by atoms with van der Waals surface area (Å²) >= 11 is 0. The Hall–Kier alpha value is -3.10. The number of primary amides is 1. The first kappa shape index (κ1) is 25.9. The summed E-state index contributed by atoms with van der Waals surface area (Å²) in [6.45, 7) is 8.68. The van der Waals surface area contributed by atoms with E-state index in [1.54, 1.807) is 39.0 Å². The Labute approximate surface area is 183 Å². The van der Waals surface area contributed by atoms with Crippen molar-refractivity contribution >= 4 is 29.4 Å². The number of para-hydroxylation sites is 1. The average molecular weight is 435 g/mol. The maximum absolute atomic E-state index is 13.4.